The highest BCUT2D eigenvalue weighted by molar-refractivity contribution is 5.55. The van der Waals surface area contributed by atoms with Crippen molar-refractivity contribution in [3.8, 4) is 17.2 Å². The van der Waals surface area contributed by atoms with Gasteiger partial charge in [0.2, 0.25) is 5.75 Å². The molecule has 0 fully saturated rings. The summed E-state index contributed by atoms with van der Waals surface area (Å²) in [6.45, 7) is 1.51. The molecule has 1 heterocycles. The van der Waals surface area contributed by atoms with E-state index in [-0.39, 0.29) is 0 Å². The summed E-state index contributed by atoms with van der Waals surface area (Å²) in [6, 6.07) is 7.72. The van der Waals surface area contributed by atoms with Crippen LogP contribution in [0.4, 0.5) is 0 Å². The van der Waals surface area contributed by atoms with E-state index in [1.807, 2.05) is 24.3 Å². The van der Waals surface area contributed by atoms with E-state index in [0.29, 0.717) is 23.8 Å². The Hall–Kier alpha value is -2.14. The number of rotatable bonds is 8. The lowest BCUT2D eigenvalue weighted by atomic mass is 10.1. The molecule has 0 spiro atoms. The van der Waals surface area contributed by atoms with Crippen LogP contribution in [-0.2, 0) is 13.0 Å². The van der Waals surface area contributed by atoms with Gasteiger partial charge in [0, 0.05) is 25.1 Å². The van der Waals surface area contributed by atoms with Crippen LogP contribution in [0.5, 0.6) is 17.2 Å². The number of hydrogen-bond acceptors (Lipinski definition) is 5. The Morgan fingerprint density at radius 3 is 2.43 bits per heavy atom. The minimum atomic E-state index is 0.616. The van der Waals surface area contributed by atoms with Gasteiger partial charge in [-0.25, -0.2) is 0 Å². The van der Waals surface area contributed by atoms with Crippen LogP contribution in [0.3, 0.4) is 0 Å². The zero-order chi connectivity index (χ0) is 15.1. The standard InChI is InChI=1S/C16H21NO4/c1-18-14-7-6-12(15(19-2)16(14)20-3)11-17-9-8-13-5-4-10-21-13/h4-7,10,17H,8-9,11H2,1-3H3. The van der Waals surface area contributed by atoms with Gasteiger partial charge >= 0.3 is 0 Å². The molecule has 0 bridgehead atoms. The second kappa shape index (κ2) is 7.59. The van der Waals surface area contributed by atoms with Gasteiger partial charge in [-0.15, -0.1) is 0 Å². The lowest BCUT2D eigenvalue weighted by Gasteiger charge is -2.16. The van der Waals surface area contributed by atoms with Gasteiger partial charge in [-0.1, -0.05) is 6.07 Å². The molecule has 0 unspecified atom stereocenters. The van der Waals surface area contributed by atoms with Crippen LogP contribution >= 0.6 is 0 Å². The summed E-state index contributed by atoms with van der Waals surface area (Å²) in [6.07, 6.45) is 2.54. The van der Waals surface area contributed by atoms with E-state index in [4.69, 9.17) is 18.6 Å². The quantitative estimate of drug-likeness (QED) is 0.758. The van der Waals surface area contributed by atoms with Crippen molar-refractivity contribution in [3.05, 3.63) is 41.9 Å². The minimum absolute atomic E-state index is 0.616. The molecule has 1 aromatic carbocycles. The first-order valence-corrected chi connectivity index (χ1v) is 6.81. The summed E-state index contributed by atoms with van der Waals surface area (Å²) in [4.78, 5) is 0. The number of methoxy groups -OCH3 is 3. The van der Waals surface area contributed by atoms with Crippen LogP contribution in [-0.4, -0.2) is 27.9 Å². The fourth-order valence-electron chi connectivity index (χ4n) is 2.19. The molecular formula is C16H21NO4. The number of hydrogen-bond donors (Lipinski definition) is 1. The molecule has 0 aliphatic carbocycles. The molecule has 2 aromatic rings. The van der Waals surface area contributed by atoms with Gasteiger partial charge in [0.15, 0.2) is 11.5 Å². The minimum Gasteiger partial charge on any atom is -0.493 e. The van der Waals surface area contributed by atoms with Crippen molar-refractivity contribution in [1.82, 2.24) is 5.32 Å². The maximum Gasteiger partial charge on any atom is 0.203 e. The lowest BCUT2D eigenvalue weighted by Crippen LogP contribution is -2.17. The zero-order valence-corrected chi connectivity index (χ0v) is 12.6. The second-order valence-electron chi connectivity index (χ2n) is 4.50. The maximum absolute atomic E-state index is 5.45. The molecule has 1 aromatic heterocycles. The van der Waals surface area contributed by atoms with Gasteiger partial charge in [0.1, 0.15) is 5.76 Å². The molecule has 1 N–H and O–H groups in total. The van der Waals surface area contributed by atoms with Crippen LogP contribution in [0.1, 0.15) is 11.3 Å². The van der Waals surface area contributed by atoms with Crippen molar-refractivity contribution < 1.29 is 18.6 Å². The molecule has 114 valence electrons. The molecule has 0 saturated heterocycles. The largest absolute Gasteiger partial charge is 0.493 e. The molecular weight excluding hydrogens is 270 g/mol. The normalized spacial score (nSPS) is 10.4. The smallest absolute Gasteiger partial charge is 0.203 e. The Bertz CT molecular complexity index is 552. The Morgan fingerprint density at radius 2 is 1.81 bits per heavy atom. The molecule has 0 amide bonds. The van der Waals surface area contributed by atoms with Crippen LogP contribution < -0.4 is 19.5 Å². The van der Waals surface area contributed by atoms with Crippen LogP contribution in [0.25, 0.3) is 0 Å². The number of ether oxygens (including phenoxy) is 3. The number of nitrogens with one attached hydrogen (secondary N) is 1. The van der Waals surface area contributed by atoms with Crippen molar-refractivity contribution in [1.29, 1.82) is 0 Å². The highest BCUT2D eigenvalue weighted by Crippen LogP contribution is 2.39. The van der Waals surface area contributed by atoms with E-state index in [9.17, 15) is 0 Å². The maximum atomic E-state index is 5.45. The monoisotopic (exact) mass is 291 g/mol. The molecule has 5 nitrogen and oxygen atoms in total. The van der Waals surface area contributed by atoms with Gasteiger partial charge < -0.3 is 23.9 Å². The topological polar surface area (TPSA) is 52.9 Å². The molecule has 0 atom stereocenters. The predicted octanol–water partition coefficient (Wildman–Crippen LogP) is 2.64. The van der Waals surface area contributed by atoms with E-state index in [0.717, 1.165) is 24.3 Å². The van der Waals surface area contributed by atoms with E-state index in [2.05, 4.69) is 5.32 Å². The fourth-order valence-corrected chi connectivity index (χ4v) is 2.19. The van der Waals surface area contributed by atoms with Crippen molar-refractivity contribution in [2.75, 3.05) is 27.9 Å². The highest BCUT2D eigenvalue weighted by atomic mass is 16.5. The average Bonchev–Trinajstić information content (AvgIpc) is 3.03. The Balaban J connectivity index is 1.99. The summed E-state index contributed by atoms with van der Waals surface area (Å²) in [5.74, 6) is 2.95. The second-order valence-corrected chi connectivity index (χ2v) is 4.50. The fraction of sp³-hybridized carbons (Fsp3) is 0.375. The molecule has 0 aliphatic heterocycles. The summed E-state index contributed by atoms with van der Waals surface area (Å²) < 4.78 is 21.4. The summed E-state index contributed by atoms with van der Waals surface area (Å²) in [7, 11) is 4.84. The Morgan fingerprint density at radius 1 is 1.00 bits per heavy atom. The summed E-state index contributed by atoms with van der Waals surface area (Å²) >= 11 is 0. The first-order valence-electron chi connectivity index (χ1n) is 6.81. The summed E-state index contributed by atoms with van der Waals surface area (Å²) in [5.41, 5.74) is 1.02. The highest BCUT2D eigenvalue weighted by Gasteiger charge is 2.15. The van der Waals surface area contributed by atoms with Crippen molar-refractivity contribution >= 4 is 0 Å². The Labute approximate surface area is 124 Å². The SMILES string of the molecule is COc1ccc(CNCCc2ccco2)c(OC)c1OC. The zero-order valence-electron chi connectivity index (χ0n) is 12.6. The third-order valence-corrected chi connectivity index (χ3v) is 3.23. The molecule has 0 saturated carbocycles. The van der Waals surface area contributed by atoms with Gasteiger partial charge in [-0.3, -0.25) is 0 Å². The van der Waals surface area contributed by atoms with E-state index >= 15 is 0 Å². The van der Waals surface area contributed by atoms with Crippen LogP contribution in [0.2, 0.25) is 0 Å². The van der Waals surface area contributed by atoms with E-state index < -0.39 is 0 Å². The van der Waals surface area contributed by atoms with E-state index in [1.165, 1.54) is 0 Å². The first kappa shape index (κ1) is 15.3. The number of furan rings is 1. The van der Waals surface area contributed by atoms with Gasteiger partial charge in [0.05, 0.1) is 27.6 Å². The van der Waals surface area contributed by atoms with Crippen LogP contribution in [0.15, 0.2) is 34.9 Å². The van der Waals surface area contributed by atoms with Gasteiger partial charge in [-0.05, 0) is 18.2 Å². The Kier molecular flexibility index (Phi) is 5.51. The molecule has 21 heavy (non-hydrogen) atoms. The van der Waals surface area contributed by atoms with Crippen molar-refractivity contribution in [2.45, 2.75) is 13.0 Å². The third-order valence-electron chi connectivity index (χ3n) is 3.23. The molecule has 5 heteroatoms. The first-order chi connectivity index (χ1) is 10.3. The van der Waals surface area contributed by atoms with Gasteiger partial charge in [0.25, 0.3) is 0 Å². The lowest BCUT2D eigenvalue weighted by molar-refractivity contribution is 0.321. The average molecular weight is 291 g/mol. The third kappa shape index (κ3) is 3.70. The molecule has 2 rings (SSSR count). The van der Waals surface area contributed by atoms with E-state index in [1.54, 1.807) is 27.6 Å². The van der Waals surface area contributed by atoms with Gasteiger partial charge in [-0.2, -0.15) is 0 Å². The molecule has 0 radical (unpaired) electrons. The van der Waals surface area contributed by atoms with Crippen molar-refractivity contribution in [3.63, 3.8) is 0 Å². The van der Waals surface area contributed by atoms with Crippen molar-refractivity contribution in [2.24, 2.45) is 0 Å². The summed E-state index contributed by atoms with van der Waals surface area (Å²) in [5, 5.41) is 3.37. The predicted molar refractivity (Wildman–Crippen MR) is 80.2 cm³/mol. The van der Waals surface area contributed by atoms with Crippen LogP contribution in [0, 0.1) is 0 Å². The molecule has 0 aliphatic rings. The number of benzene rings is 1.